The first-order valence-electron chi connectivity index (χ1n) is 5.27. The molecule has 8 heteroatoms. The SMILES string of the molecule is CCCC=NNc1cccc([N+](=O)[O-])c1[N+](=O)[O-]. The van der Waals surface area contributed by atoms with Crippen molar-refractivity contribution in [3.05, 3.63) is 38.4 Å². The molecule has 0 saturated heterocycles. The zero-order valence-corrected chi connectivity index (χ0v) is 9.70. The molecule has 96 valence electrons. The van der Waals surface area contributed by atoms with Crippen LogP contribution in [0.25, 0.3) is 0 Å². The van der Waals surface area contributed by atoms with Crippen LogP contribution in [0, 0.1) is 20.2 Å². The van der Waals surface area contributed by atoms with E-state index in [2.05, 4.69) is 10.5 Å². The van der Waals surface area contributed by atoms with Gasteiger partial charge in [0.1, 0.15) is 5.69 Å². The van der Waals surface area contributed by atoms with Crippen molar-refractivity contribution in [1.82, 2.24) is 0 Å². The molecule has 0 unspecified atom stereocenters. The Balaban J connectivity index is 3.07. The molecular weight excluding hydrogens is 240 g/mol. The Morgan fingerprint density at radius 3 is 2.61 bits per heavy atom. The molecule has 1 aromatic rings. The minimum atomic E-state index is -0.796. The van der Waals surface area contributed by atoms with Crippen LogP contribution in [0.2, 0.25) is 0 Å². The number of nitro benzene ring substituents is 2. The third-order valence-corrected chi connectivity index (χ3v) is 2.09. The van der Waals surface area contributed by atoms with Gasteiger partial charge in [-0.05, 0) is 12.5 Å². The van der Waals surface area contributed by atoms with Crippen LogP contribution >= 0.6 is 0 Å². The second kappa shape index (κ2) is 6.28. The molecule has 1 N–H and O–H groups in total. The molecule has 1 aromatic carbocycles. The summed E-state index contributed by atoms with van der Waals surface area (Å²) in [6, 6.07) is 3.82. The van der Waals surface area contributed by atoms with Crippen LogP contribution in [-0.2, 0) is 0 Å². The number of nitro groups is 2. The molecule has 0 heterocycles. The average Bonchev–Trinajstić information content (AvgIpc) is 2.33. The monoisotopic (exact) mass is 252 g/mol. The molecule has 8 nitrogen and oxygen atoms in total. The fourth-order valence-corrected chi connectivity index (χ4v) is 1.27. The lowest BCUT2D eigenvalue weighted by Crippen LogP contribution is -2.01. The van der Waals surface area contributed by atoms with E-state index in [0.29, 0.717) is 0 Å². The van der Waals surface area contributed by atoms with Gasteiger partial charge in [-0.2, -0.15) is 5.10 Å². The van der Waals surface area contributed by atoms with Gasteiger partial charge in [0.15, 0.2) is 0 Å². The van der Waals surface area contributed by atoms with Crippen LogP contribution in [0.1, 0.15) is 19.8 Å². The van der Waals surface area contributed by atoms with Crippen LogP contribution < -0.4 is 5.43 Å². The van der Waals surface area contributed by atoms with Gasteiger partial charge in [0.05, 0.1) is 9.85 Å². The standard InChI is InChI=1S/C10H12N4O4/c1-2-3-7-11-12-8-5-4-6-9(13(15)16)10(8)14(17)18/h4-7,12H,2-3H2,1H3. The quantitative estimate of drug-likeness (QED) is 0.475. The van der Waals surface area contributed by atoms with Crippen molar-refractivity contribution in [3.63, 3.8) is 0 Å². The summed E-state index contributed by atoms with van der Waals surface area (Å²) < 4.78 is 0. The van der Waals surface area contributed by atoms with Crippen LogP contribution in [0.5, 0.6) is 0 Å². The Kier molecular flexibility index (Phi) is 4.73. The summed E-state index contributed by atoms with van der Waals surface area (Å²) in [5.41, 5.74) is 1.30. The Bertz CT molecular complexity index is 487. The zero-order valence-electron chi connectivity index (χ0n) is 9.70. The highest BCUT2D eigenvalue weighted by molar-refractivity contribution is 5.72. The van der Waals surface area contributed by atoms with Crippen molar-refractivity contribution < 1.29 is 9.85 Å². The average molecular weight is 252 g/mol. The third-order valence-electron chi connectivity index (χ3n) is 2.09. The van der Waals surface area contributed by atoms with Gasteiger partial charge in [-0.15, -0.1) is 0 Å². The molecule has 1 rings (SSSR count). The van der Waals surface area contributed by atoms with Crippen molar-refractivity contribution in [3.8, 4) is 0 Å². The van der Waals surface area contributed by atoms with Gasteiger partial charge in [0, 0.05) is 12.3 Å². The lowest BCUT2D eigenvalue weighted by molar-refractivity contribution is -0.421. The lowest BCUT2D eigenvalue weighted by atomic mass is 10.2. The number of nitrogens with one attached hydrogen (secondary N) is 1. The minimum Gasteiger partial charge on any atom is -0.272 e. The summed E-state index contributed by atoms with van der Waals surface area (Å²) in [6.45, 7) is 1.96. The zero-order chi connectivity index (χ0) is 13.5. The number of hydrogen-bond acceptors (Lipinski definition) is 6. The first kappa shape index (κ1) is 13.6. The summed E-state index contributed by atoms with van der Waals surface area (Å²) >= 11 is 0. The number of unbranched alkanes of at least 4 members (excludes halogenated alkanes) is 1. The molecule has 0 fully saturated rings. The van der Waals surface area contributed by atoms with Gasteiger partial charge in [-0.3, -0.25) is 25.7 Å². The Morgan fingerprint density at radius 2 is 2.06 bits per heavy atom. The van der Waals surface area contributed by atoms with Crippen molar-refractivity contribution in [2.24, 2.45) is 5.10 Å². The molecule has 0 spiro atoms. The van der Waals surface area contributed by atoms with E-state index in [9.17, 15) is 20.2 Å². The van der Waals surface area contributed by atoms with Crippen molar-refractivity contribution in [2.45, 2.75) is 19.8 Å². The summed E-state index contributed by atoms with van der Waals surface area (Å²) in [5, 5.41) is 25.3. The normalized spacial score (nSPS) is 10.5. The van der Waals surface area contributed by atoms with Gasteiger partial charge in [-0.1, -0.05) is 19.4 Å². The Labute approximate surface area is 103 Å². The molecule has 0 bridgehead atoms. The highest BCUT2D eigenvalue weighted by Gasteiger charge is 2.27. The fraction of sp³-hybridized carbons (Fsp3) is 0.300. The molecular formula is C10H12N4O4. The van der Waals surface area contributed by atoms with Crippen molar-refractivity contribution in [2.75, 3.05) is 5.43 Å². The van der Waals surface area contributed by atoms with Crippen LogP contribution in [0.15, 0.2) is 23.3 Å². The lowest BCUT2D eigenvalue weighted by Gasteiger charge is -2.01. The van der Waals surface area contributed by atoms with E-state index in [1.54, 1.807) is 6.21 Å². The van der Waals surface area contributed by atoms with Crippen LogP contribution in [-0.4, -0.2) is 16.1 Å². The molecule has 0 aromatic heterocycles. The first-order chi connectivity index (χ1) is 8.57. The smallest absolute Gasteiger partial charge is 0.272 e. The van der Waals surface area contributed by atoms with E-state index in [4.69, 9.17) is 0 Å². The second-order valence-corrected chi connectivity index (χ2v) is 3.40. The van der Waals surface area contributed by atoms with Gasteiger partial charge in [-0.25, -0.2) is 0 Å². The number of para-hydroxylation sites is 1. The predicted molar refractivity (Wildman–Crippen MR) is 66.8 cm³/mol. The number of rotatable bonds is 6. The number of hydrogen-bond donors (Lipinski definition) is 1. The maximum Gasteiger partial charge on any atom is 0.370 e. The van der Waals surface area contributed by atoms with E-state index in [-0.39, 0.29) is 5.69 Å². The molecule has 0 aliphatic carbocycles. The maximum atomic E-state index is 10.8. The minimum absolute atomic E-state index is 0.00144. The number of nitrogens with zero attached hydrogens (tertiary/aromatic N) is 3. The number of hydrazone groups is 1. The summed E-state index contributed by atoms with van der Waals surface area (Å²) in [6.07, 6.45) is 3.17. The van der Waals surface area contributed by atoms with E-state index in [1.165, 1.54) is 12.1 Å². The Hall–Kier alpha value is -2.51. The van der Waals surface area contributed by atoms with E-state index >= 15 is 0 Å². The van der Waals surface area contributed by atoms with Gasteiger partial charge in [0.2, 0.25) is 0 Å². The molecule has 0 aliphatic heterocycles. The predicted octanol–water partition coefficient (Wildman–Crippen LogP) is 2.70. The fourth-order valence-electron chi connectivity index (χ4n) is 1.27. The van der Waals surface area contributed by atoms with E-state index < -0.39 is 21.2 Å². The van der Waals surface area contributed by atoms with Crippen molar-refractivity contribution >= 4 is 23.3 Å². The van der Waals surface area contributed by atoms with Crippen LogP contribution in [0.4, 0.5) is 17.1 Å². The van der Waals surface area contributed by atoms with E-state index in [1.807, 2.05) is 6.92 Å². The first-order valence-corrected chi connectivity index (χ1v) is 5.27. The number of benzene rings is 1. The third kappa shape index (κ3) is 3.24. The highest BCUT2D eigenvalue weighted by Crippen LogP contribution is 2.34. The summed E-state index contributed by atoms with van der Waals surface area (Å²) in [5.74, 6) is 0. The van der Waals surface area contributed by atoms with Crippen molar-refractivity contribution in [1.29, 1.82) is 0 Å². The largest absolute Gasteiger partial charge is 0.370 e. The van der Waals surface area contributed by atoms with Gasteiger partial charge in [0.25, 0.3) is 0 Å². The molecule has 18 heavy (non-hydrogen) atoms. The highest BCUT2D eigenvalue weighted by atomic mass is 16.6. The second-order valence-electron chi connectivity index (χ2n) is 3.40. The Morgan fingerprint density at radius 1 is 1.33 bits per heavy atom. The molecule has 0 amide bonds. The summed E-state index contributed by atoms with van der Waals surface area (Å²) in [4.78, 5) is 19.9. The van der Waals surface area contributed by atoms with Crippen LogP contribution in [0.3, 0.4) is 0 Å². The maximum absolute atomic E-state index is 10.8. The van der Waals surface area contributed by atoms with E-state index in [0.717, 1.165) is 18.9 Å². The molecule has 0 aliphatic rings. The molecule has 0 radical (unpaired) electrons. The number of anilines is 1. The molecule has 0 atom stereocenters. The summed E-state index contributed by atoms with van der Waals surface area (Å²) in [7, 11) is 0. The van der Waals surface area contributed by atoms with Gasteiger partial charge < -0.3 is 0 Å². The van der Waals surface area contributed by atoms with Gasteiger partial charge >= 0.3 is 11.4 Å². The molecule has 0 saturated carbocycles. The topological polar surface area (TPSA) is 111 Å².